The molecule has 9 heteroatoms. The van der Waals surface area contributed by atoms with E-state index in [1.54, 1.807) is 18.4 Å². The van der Waals surface area contributed by atoms with Crippen molar-refractivity contribution in [3.05, 3.63) is 50.6 Å². The Balaban J connectivity index is 1.55. The fraction of sp³-hybridized carbons (Fsp3) is 0.238. The second kappa shape index (κ2) is 8.85. The fourth-order valence-corrected chi connectivity index (χ4v) is 4.60. The molecule has 2 aromatic heterocycles. The summed E-state index contributed by atoms with van der Waals surface area (Å²) in [6, 6.07) is 7.84. The van der Waals surface area contributed by atoms with Crippen LogP contribution in [0.3, 0.4) is 0 Å². The van der Waals surface area contributed by atoms with Crippen LogP contribution in [-0.2, 0) is 11.3 Å². The summed E-state index contributed by atoms with van der Waals surface area (Å²) < 4.78 is 5.69. The Kier molecular flexibility index (Phi) is 6.01. The lowest BCUT2D eigenvalue weighted by Crippen LogP contribution is -2.17. The number of aromatic nitrogens is 2. The molecule has 0 bridgehead atoms. The molecule has 0 fully saturated rings. The smallest absolute Gasteiger partial charge is 0.286 e. The summed E-state index contributed by atoms with van der Waals surface area (Å²) in [6.07, 6.45) is 1.84. The number of anilines is 1. The summed E-state index contributed by atoms with van der Waals surface area (Å²) in [7, 11) is 1.77. The number of hydrogen-bond acceptors (Lipinski definition) is 8. The number of fused-ring (bicyclic) bond motifs is 1. The number of carbonyl (C=O) groups is 1. The third kappa shape index (κ3) is 4.31. The first-order valence-corrected chi connectivity index (χ1v) is 11.2. The molecule has 4 rings (SSSR count). The molecule has 0 saturated heterocycles. The summed E-state index contributed by atoms with van der Waals surface area (Å²) in [6.45, 7) is 5.15. The van der Waals surface area contributed by atoms with Crippen molar-refractivity contribution in [2.75, 3.05) is 19.0 Å². The maximum atomic E-state index is 12.4. The largest absolute Gasteiger partial charge is 0.477 e. The molecule has 3 aromatic rings. The number of nitrogens with zero attached hydrogens (tertiary/aromatic N) is 3. The van der Waals surface area contributed by atoms with E-state index in [0.29, 0.717) is 35.1 Å². The van der Waals surface area contributed by atoms with E-state index in [1.165, 1.54) is 22.2 Å². The van der Waals surface area contributed by atoms with Crippen LogP contribution >= 0.6 is 23.1 Å². The summed E-state index contributed by atoms with van der Waals surface area (Å²) in [5.41, 5.74) is 2.88. The molecule has 7 nitrogen and oxygen atoms in total. The third-order valence-corrected chi connectivity index (χ3v) is 6.44. The molecule has 0 saturated carbocycles. The average molecular weight is 440 g/mol. The van der Waals surface area contributed by atoms with Crippen LogP contribution in [0.1, 0.15) is 22.9 Å². The molecule has 0 spiro atoms. The van der Waals surface area contributed by atoms with E-state index in [4.69, 9.17) is 4.74 Å². The number of carbonyl (C=O) groups excluding carboxylic acids is 1. The first-order chi connectivity index (χ1) is 14.6. The zero-order valence-corrected chi connectivity index (χ0v) is 18.5. The Labute approximate surface area is 182 Å². The topological polar surface area (TPSA) is 88.5 Å². The van der Waals surface area contributed by atoms with Gasteiger partial charge in [-0.15, -0.1) is 11.3 Å². The molecular formula is C21H21N5O2S2. The van der Waals surface area contributed by atoms with Gasteiger partial charge in [-0.2, -0.15) is 9.98 Å². The zero-order chi connectivity index (χ0) is 21.1. The molecule has 0 aliphatic carbocycles. The van der Waals surface area contributed by atoms with Gasteiger partial charge in [-0.05, 0) is 66.4 Å². The SMILES string of the molecule is CCOc1nc(NC)nc2ccc(/C=C3/SC(NCc4sccc4C)=NC3=O)cc12. The number of amidine groups is 1. The van der Waals surface area contributed by atoms with Gasteiger partial charge in [0.05, 0.1) is 29.0 Å². The minimum absolute atomic E-state index is 0.239. The van der Waals surface area contributed by atoms with Crippen LogP contribution < -0.4 is 15.4 Å². The molecule has 3 heterocycles. The van der Waals surface area contributed by atoms with E-state index in [1.807, 2.05) is 31.2 Å². The van der Waals surface area contributed by atoms with E-state index in [9.17, 15) is 4.79 Å². The number of aryl methyl sites for hydroxylation is 1. The van der Waals surface area contributed by atoms with Gasteiger partial charge in [-0.1, -0.05) is 6.07 Å². The molecule has 1 aliphatic heterocycles. The standard InChI is InChI=1S/C21H21N5O2S2/c1-4-28-19-14-9-13(5-6-15(14)24-20(22-3)26-19)10-16-18(27)25-21(30-16)23-11-17-12(2)7-8-29-17/h5-10H,4,11H2,1-3H3,(H,22,24,26)(H,23,25,27)/b16-10+. The Bertz CT molecular complexity index is 1170. The number of aliphatic imine (C=N–C) groups is 1. The summed E-state index contributed by atoms with van der Waals surface area (Å²) in [5.74, 6) is 0.781. The van der Waals surface area contributed by atoms with Gasteiger partial charge in [-0.3, -0.25) is 4.79 Å². The van der Waals surface area contributed by atoms with E-state index in [-0.39, 0.29) is 5.91 Å². The summed E-state index contributed by atoms with van der Waals surface area (Å²) in [5, 5.41) is 9.68. The summed E-state index contributed by atoms with van der Waals surface area (Å²) >= 11 is 3.04. The number of thioether (sulfide) groups is 1. The molecule has 154 valence electrons. The molecular weight excluding hydrogens is 418 g/mol. The number of nitrogens with one attached hydrogen (secondary N) is 2. The van der Waals surface area contributed by atoms with E-state index in [0.717, 1.165) is 16.5 Å². The van der Waals surface area contributed by atoms with Gasteiger partial charge in [0.15, 0.2) is 5.17 Å². The van der Waals surface area contributed by atoms with Crippen LogP contribution in [0.5, 0.6) is 5.88 Å². The van der Waals surface area contributed by atoms with E-state index < -0.39 is 0 Å². The van der Waals surface area contributed by atoms with Crippen molar-refractivity contribution in [2.24, 2.45) is 4.99 Å². The maximum absolute atomic E-state index is 12.4. The van der Waals surface area contributed by atoms with Gasteiger partial charge >= 0.3 is 0 Å². The maximum Gasteiger partial charge on any atom is 0.286 e. The summed E-state index contributed by atoms with van der Waals surface area (Å²) in [4.78, 5) is 27.2. The monoisotopic (exact) mass is 439 g/mol. The highest BCUT2D eigenvalue weighted by Gasteiger charge is 2.22. The highest BCUT2D eigenvalue weighted by atomic mass is 32.2. The van der Waals surface area contributed by atoms with Gasteiger partial charge in [0.25, 0.3) is 5.91 Å². The number of thiophene rings is 1. The van der Waals surface area contributed by atoms with Gasteiger partial charge in [0, 0.05) is 11.9 Å². The predicted molar refractivity (Wildman–Crippen MR) is 124 cm³/mol. The van der Waals surface area contributed by atoms with Gasteiger partial charge in [-0.25, -0.2) is 4.98 Å². The van der Waals surface area contributed by atoms with Crippen molar-refractivity contribution in [1.82, 2.24) is 15.3 Å². The molecule has 1 aliphatic rings. The minimum atomic E-state index is -0.239. The van der Waals surface area contributed by atoms with Crippen LogP contribution in [0.25, 0.3) is 17.0 Å². The second-order valence-electron chi connectivity index (χ2n) is 6.53. The molecule has 0 radical (unpaired) electrons. The van der Waals surface area contributed by atoms with Crippen LogP contribution in [0.4, 0.5) is 5.95 Å². The Hall–Kier alpha value is -2.91. The molecule has 1 aromatic carbocycles. The Morgan fingerprint density at radius 1 is 1.23 bits per heavy atom. The number of amides is 1. The van der Waals surface area contributed by atoms with Crippen LogP contribution in [0.2, 0.25) is 0 Å². The normalized spacial score (nSPS) is 15.0. The Morgan fingerprint density at radius 2 is 2.10 bits per heavy atom. The number of benzene rings is 1. The first-order valence-electron chi connectivity index (χ1n) is 9.49. The molecule has 0 unspecified atom stereocenters. The highest BCUT2D eigenvalue weighted by Crippen LogP contribution is 2.30. The number of hydrogen-bond donors (Lipinski definition) is 2. The molecule has 0 atom stereocenters. The van der Waals surface area contributed by atoms with Gasteiger partial charge < -0.3 is 15.4 Å². The van der Waals surface area contributed by atoms with Crippen molar-refractivity contribution >= 4 is 57.1 Å². The Morgan fingerprint density at radius 3 is 2.83 bits per heavy atom. The predicted octanol–water partition coefficient (Wildman–Crippen LogP) is 4.20. The van der Waals surface area contributed by atoms with E-state index >= 15 is 0 Å². The van der Waals surface area contributed by atoms with Crippen molar-refractivity contribution in [3.8, 4) is 5.88 Å². The molecule has 2 N–H and O–H groups in total. The lowest BCUT2D eigenvalue weighted by molar-refractivity contribution is -0.113. The average Bonchev–Trinajstić information content (AvgIpc) is 3.31. The van der Waals surface area contributed by atoms with Gasteiger partial charge in [0.1, 0.15) is 0 Å². The van der Waals surface area contributed by atoms with Crippen molar-refractivity contribution in [3.63, 3.8) is 0 Å². The van der Waals surface area contributed by atoms with E-state index in [2.05, 4.69) is 44.0 Å². The first kappa shape index (κ1) is 20.4. The van der Waals surface area contributed by atoms with Gasteiger partial charge in [0.2, 0.25) is 11.8 Å². The minimum Gasteiger partial charge on any atom is -0.477 e. The number of ether oxygens (including phenoxy) is 1. The fourth-order valence-electron chi connectivity index (χ4n) is 2.94. The van der Waals surface area contributed by atoms with Crippen molar-refractivity contribution < 1.29 is 9.53 Å². The number of rotatable bonds is 6. The second-order valence-corrected chi connectivity index (χ2v) is 8.56. The lowest BCUT2D eigenvalue weighted by Gasteiger charge is -2.09. The van der Waals surface area contributed by atoms with Crippen LogP contribution in [0, 0.1) is 6.92 Å². The molecule has 1 amide bonds. The third-order valence-electron chi connectivity index (χ3n) is 4.48. The zero-order valence-electron chi connectivity index (χ0n) is 16.9. The lowest BCUT2D eigenvalue weighted by atomic mass is 10.1. The van der Waals surface area contributed by atoms with Crippen molar-refractivity contribution in [2.45, 2.75) is 20.4 Å². The highest BCUT2D eigenvalue weighted by molar-refractivity contribution is 8.18. The van der Waals surface area contributed by atoms with Crippen molar-refractivity contribution in [1.29, 1.82) is 0 Å². The van der Waals surface area contributed by atoms with Crippen LogP contribution in [-0.4, -0.2) is 34.7 Å². The molecule has 30 heavy (non-hydrogen) atoms. The van der Waals surface area contributed by atoms with Crippen LogP contribution in [0.15, 0.2) is 39.5 Å². The quantitative estimate of drug-likeness (QED) is 0.557.